The highest BCUT2D eigenvalue weighted by Crippen LogP contribution is 2.26. The molecule has 0 saturated heterocycles. The molecule has 0 spiro atoms. The lowest BCUT2D eigenvalue weighted by molar-refractivity contribution is -0.142. The SMILES string of the molecule is CC(=O)OCc1c(CO)cnc(C)c1OC(C)=O. The first-order valence-corrected chi connectivity index (χ1v) is 5.35. The quantitative estimate of drug-likeness (QED) is 0.801. The van der Waals surface area contributed by atoms with E-state index in [2.05, 4.69) is 4.98 Å². The molecule has 1 heterocycles. The Hall–Kier alpha value is -1.95. The van der Waals surface area contributed by atoms with Gasteiger partial charge in [-0.05, 0) is 6.92 Å². The molecule has 1 rings (SSSR count). The van der Waals surface area contributed by atoms with E-state index in [1.807, 2.05) is 0 Å². The third kappa shape index (κ3) is 3.53. The van der Waals surface area contributed by atoms with E-state index >= 15 is 0 Å². The number of pyridine rings is 1. The Morgan fingerprint density at radius 1 is 1.33 bits per heavy atom. The van der Waals surface area contributed by atoms with E-state index in [1.165, 1.54) is 20.0 Å². The van der Waals surface area contributed by atoms with Crippen LogP contribution >= 0.6 is 0 Å². The van der Waals surface area contributed by atoms with Crippen molar-refractivity contribution in [3.8, 4) is 5.75 Å². The number of aliphatic hydroxyl groups is 1. The lowest BCUT2D eigenvalue weighted by Gasteiger charge is -2.14. The van der Waals surface area contributed by atoms with E-state index in [1.54, 1.807) is 6.92 Å². The van der Waals surface area contributed by atoms with Crippen LogP contribution in [0.2, 0.25) is 0 Å². The molecule has 98 valence electrons. The summed E-state index contributed by atoms with van der Waals surface area (Å²) in [5, 5.41) is 9.21. The summed E-state index contributed by atoms with van der Waals surface area (Å²) in [5.41, 5.74) is 1.40. The number of esters is 2. The van der Waals surface area contributed by atoms with Crippen molar-refractivity contribution < 1.29 is 24.2 Å². The Balaban J connectivity index is 3.17. The third-order valence-electron chi connectivity index (χ3n) is 2.24. The molecule has 0 aliphatic heterocycles. The molecular weight excluding hydrogens is 238 g/mol. The van der Waals surface area contributed by atoms with Crippen LogP contribution in [0.25, 0.3) is 0 Å². The average molecular weight is 253 g/mol. The van der Waals surface area contributed by atoms with Crippen LogP contribution in [0.15, 0.2) is 6.20 Å². The van der Waals surface area contributed by atoms with Crippen molar-refractivity contribution in [1.29, 1.82) is 0 Å². The second kappa shape index (κ2) is 6.11. The monoisotopic (exact) mass is 253 g/mol. The fraction of sp³-hybridized carbons (Fsp3) is 0.417. The Morgan fingerprint density at radius 3 is 2.50 bits per heavy atom. The first-order valence-electron chi connectivity index (χ1n) is 5.35. The Morgan fingerprint density at radius 2 is 2.00 bits per heavy atom. The molecule has 0 radical (unpaired) electrons. The van der Waals surface area contributed by atoms with Crippen molar-refractivity contribution in [2.24, 2.45) is 0 Å². The molecule has 1 N–H and O–H groups in total. The minimum atomic E-state index is -0.501. The predicted octanol–water partition coefficient (Wildman–Crippen LogP) is 0.871. The van der Waals surface area contributed by atoms with E-state index in [0.717, 1.165) is 0 Å². The second-order valence-corrected chi connectivity index (χ2v) is 3.71. The number of aliphatic hydroxyl groups excluding tert-OH is 1. The number of carbonyl (C=O) groups is 2. The fourth-order valence-electron chi connectivity index (χ4n) is 1.42. The number of rotatable bonds is 4. The van der Waals surface area contributed by atoms with Gasteiger partial charge in [-0.15, -0.1) is 0 Å². The Bertz CT molecular complexity index is 470. The van der Waals surface area contributed by atoms with Gasteiger partial charge < -0.3 is 14.6 Å². The van der Waals surface area contributed by atoms with Gasteiger partial charge in [0.15, 0.2) is 5.75 Å². The normalized spacial score (nSPS) is 10.0. The fourth-order valence-corrected chi connectivity index (χ4v) is 1.42. The zero-order valence-corrected chi connectivity index (χ0v) is 10.5. The van der Waals surface area contributed by atoms with Crippen LogP contribution in [0.4, 0.5) is 0 Å². The average Bonchev–Trinajstić information content (AvgIpc) is 2.29. The summed E-state index contributed by atoms with van der Waals surface area (Å²) in [6.45, 7) is 3.85. The van der Waals surface area contributed by atoms with Crippen LogP contribution in [-0.2, 0) is 27.5 Å². The van der Waals surface area contributed by atoms with E-state index in [4.69, 9.17) is 9.47 Å². The molecule has 0 atom stereocenters. The Kier molecular flexibility index (Phi) is 4.79. The van der Waals surface area contributed by atoms with Gasteiger partial charge in [-0.1, -0.05) is 0 Å². The molecule has 0 bridgehead atoms. The van der Waals surface area contributed by atoms with Gasteiger partial charge in [-0.2, -0.15) is 0 Å². The summed E-state index contributed by atoms with van der Waals surface area (Å²) in [6, 6.07) is 0. The van der Waals surface area contributed by atoms with Crippen LogP contribution in [0.1, 0.15) is 30.7 Å². The minimum absolute atomic E-state index is 0.0722. The number of carbonyl (C=O) groups excluding carboxylic acids is 2. The lowest BCUT2D eigenvalue weighted by Crippen LogP contribution is -2.11. The van der Waals surface area contributed by atoms with Gasteiger partial charge in [0.2, 0.25) is 0 Å². The van der Waals surface area contributed by atoms with E-state index in [0.29, 0.717) is 16.8 Å². The molecule has 6 heteroatoms. The molecule has 0 saturated carbocycles. The van der Waals surface area contributed by atoms with Crippen LogP contribution in [0.5, 0.6) is 5.75 Å². The van der Waals surface area contributed by atoms with Crippen LogP contribution in [-0.4, -0.2) is 22.0 Å². The maximum atomic E-state index is 11.0. The predicted molar refractivity (Wildman–Crippen MR) is 61.7 cm³/mol. The molecule has 0 aromatic carbocycles. The van der Waals surface area contributed by atoms with Gasteiger partial charge in [0.1, 0.15) is 6.61 Å². The summed E-state index contributed by atoms with van der Waals surface area (Å²) >= 11 is 0. The molecule has 0 unspecified atom stereocenters. The molecular formula is C12H15NO5. The molecule has 0 amide bonds. The summed E-state index contributed by atoms with van der Waals surface area (Å²) in [4.78, 5) is 25.9. The molecule has 18 heavy (non-hydrogen) atoms. The smallest absolute Gasteiger partial charge is 0.308 e. The van der Waals surface area contributed by atoms with Gasteiger partial charge in [-0.25, -0.2) is 0 Å². The summed E-state index contributed by atoms with van der Waals surface area (Å²) in [6.07, 6.45) is 1.46. The van der Waals surface area contributed by atoms with Crippen molar-refractivity contribution in [1.82, 2.24) is 4.98 Å². The van der Waals surface area contributed by atoms with Crippen molar-refractivity contribution in [2.45, 2.75) is 34.0 Å². The van der Waals surface area contributed by atoms with Crippen LogP contribution in [0, 0.1) is 6.92 Å². The standard InChI is InChI=1S/C12H15NO5/c1-7-12(18-9(3)16)11(6-17-8(2)15)10(5-14)4-13-7/h4,14H,5-6H2,1-3H3. The van der Waals surface area contributed by atoms with Crippen molar-refractivity contribution in [3.05, 3.63) is 23.0 Å². The summed E-state index contributed by atoms with van der Waals surface area (Å²) in [5.74, 6) is -0.725. The largest absolute Gasteiger partial charge is 0.461 e. The zero-order chi connectivity index (χ0) is 13.7. The van der Waals surface area contributed by atoms with E-state index < -0.39 is 11.9 Å². The highest BCUT2D eigenvalue weighted by molar-refractivity contribution is 5.70. The minimum Gasteiger partial charge on any atom is -0.461 e. The summed E-state index contributed by atoms with van der Waals surface area (Å²) in [7, 11) is 0. The molecule has 1 aromatic rings. The highest BCUT2D eigenvalue weighted by Gasteiger charge is 2.16. The molecule has 6 nitrogen and oxygen atoms in total. The maximum Gasteiger partial charge on any atom is 0.308 e. The topological polar surface area (TPSA) is 85.7 Å². The maximum absolute atomic E-state index is 11.0. The van der Waals surface area contributed by atoms with Crippen molar-refractivity contribution in [2.75, 3.05) is 0 Å². The number of aryl methyl sites for hydroxylation is 1. The zero-order valence-electron chi connectivity index (χ0n) is 10.5. The first-order chi connectivity index (χ1) is 8.45. The number of hydrogen-bond donors (Lipinski definition) is 1. The van der Waals surface area contributed by atoms with Crippen molar-refractivity contribution in [3.63, 3.8) is 0 Å². The Labute approximate surface area is 105 Å². The molecule has 1 aromatic heterocycles. The highest BCUT2D eigenvalue weighted by atomic mass is 16.5. The van der Waals surface area contributed by atoms with Crippen LogP contribution in [0.3, 0.4) is 0 Å². The molecule has 0 fully saturated rings. The van der Waals surface area contributed by atoms with Gasteiger partial charge >= 0.3 is 11.9 Å². The number of nitrogens with zero attached hydrogens (tertiary/aromatic N) is 1. The van der Waals surface area contributed by atoms with Crippen molar-refractivity contribution >= 4 is 11.9 Å². The van der Waals surface area contributed by atoms with Gasteiger partial charge in [-0.3, -0.25) is 14.6 Å². The van der Waals surface area contributed by atoms with Gasteiger partial charge in [0, 0.05) is 31.2 Å². The second-order valence-electron chi connectivity index (χ2n) is 3.71. The van der Waals surface area contributed by atoms with E-state index in [9.17, 15) is 14.7 Å². The first kappa shape index (κ1) is 14.1. The van der Waals surface area contributed by atoms with Gasteiger partial charge in [0.05, 0.1) is 12.3 Å². The van der Waals surface area contributed by atoms with Crippen LogP contribution < -0.4 is 4.74 Å². The third-order valence-corrected chi connectivity index (χ3v) is 2.24. The number of aromatic nitrogens is 1. The number of ether oxygens (including phenoxy) is 2. The van der Waals surface area contributed by atoms with Gasteiger partial charge in [0.25, 0.3) is 0 Å². The molecule has 0 aliphatic rings. The summed E-state index contributed by atoms with van der Waals surface area (Å²) < 4.78 is 9.93. The molecule has 0 aliphatic carbocycles. The lowest BCUT2D eigenvalue weighted by atomic mass is 10.1. The number of hydrogen-bond acceptors (Lipinski definition) is 6. The van der Waals surface area contributed by atoms with E-state index in [-0.39, 0.29) is 19.0 Å².